The van der Waals surface area contributed by atoms with Gasteiger partial charge in [-0.3, -0.25) is 4.79 Å². The van der Waals surface area contributed by atoms with Gasteiger partial charge in [0, 0.05) is 10.5 Å². The van der Waals surface area contributed by atoms with Crippen molar-refractivity contribution in [1.29, 1.82) is 0 Å². The summed E-state index contributed by atoms with van der Waals surface area (Å²) >= 11 is 9.05. The molecule has 0 saturated carbocycles. The number of phenols is 1. The van der Waals surface area contributed by atoms with E-state index in [-0.39, 0.29) is 16.3 Å². The molecule has 6 heteroatoms. The van der Waals surface area contributed by atoms with Crippen LogP contribution in [0.5, 0.6) is 5.75 Å². The summed E-state index contributed by atoms with van der Waals surface area (Å²) in [6.07, 6.45) is 0. The summed E-state index contributed by atoms with van der Waals surface area (Å²) in [5.74, 6) is -1.01. The fourth-order valence-corrected chi connectivity index (χ4v) is 2.12. The van der Waals surface area contributed by atoms with Crippen molar-refractivity contribution in [3.63, 3.8) is 0 Å². The number of carbonyl (C=O) groups is 1. The lowest BCUT2D eigenvalue weighted by molar-refractivity contribution is 0.102. The molecule has 19 heavy (non-hydrogen) atoms. The van der Waals surface area contributed by atoms with Gasteiger partial charge < -0.3 is 10.4 Å². The van der Waals surface area contributed by atoms with E-state index in [1.807, 2.05) is 0 Å². The summed E-state index contributed by atoms with van der Waals surface area (Å²) in [5.41, 5.74) is 0.491. The van der Waals surface area contributed by atoms with Crippen molar-refractivity contribution in [1.82, 2.24) is 0 Å². The van der Waals surface area contributed by atoms with E-state index >= 15 is 0 Å². The summed E-state index contributed by atoms with van der Waals surface area (Å²) in [7, 11) is 0. The minimum atomic E-state index is -0.509. The van der Waals surface area contributed by atoms with E-state index < -0.39 is 11.7 Å². The van der Waals surface area contributed by atoms with E-state index in [1.165, 1.54) is 30.3 Å². The highest BCUT2D eigenvalue weighted by Gasteiger charge is 2.13. The molecule has 2 N–H and O–H groups in total. The Kier molecular flexibility index (Phi) is 4.07. The van der Waals surface area contributed by atoms with Gasteiger partial charge in [0.1, 0.15) is 11.6 Å². The molecule has 0 bridgehead atoms. The molecule has 0 radical (unpaired) electrons. The van der Waals surface area contributed by atoms with Crippen molar-refractivity contribution in [2.24, 2.45) is 0 Å². The van der Waals surface area contributed by atoms with Crippen LogP contribution in [-0.2, 0) is 0 Å². The van der Waals surface area contributed by atoms with E-state index in [0.29, 0.717) is 10.2 Å². The van der Waals surface area contributed by atoms with Crippen molar-refractivity contribution in [3.8, 4) is 5.75 Å². The van der Waals surface area contributed by atoms with Crippen molar-refractivity contribution in [2.45, 2.75) is 0 Å². The highest BCUT2D eigenvalue weighted by atomic mass is 79.9. The van der Waals surface area contributed by atoms with Crippen LogP contribution in [0, 0.1) is 5.82 Å². The molecule has 0 fully saturated rings. The molecule has 0 aliphatic heterocycles. The van der Waals surface area contributed by atoms with Gasteiger partial charge in [0.25, 0.3) is 5.91 Å². The maximum Gasteiger partial charge on any atom is 0.256 e. The molecule has 0 aliphatic rings. The van der Waals surface area contributed by atoms with E-state index in [2.05, 4.69) is 21.2 Å². The lowest BCUT2D eigenvalue weighted by Gasteiger charge is -2.09. The van der Waals surface area contributed by atoms with Crippen LogP contribution in [0.3, 0.4) is 0 Å². The first kappa shape index (κ1) is 13.8. The number of hydrogen-bond donors (Lipinski definition) is 2. The zero-order chi connectivity index (χ0) is 14.0. The molecule has 0 aromatic heterocycles. The van der Waals surface area contributed by atoms with Crippen LogP contribution in [0.2, 0.25) is 5.02 Å². The molecule has 0 aliphatic carbocycles. The fourth-order valence-electron chi connectivity index (χ4n) is 1.47. The average molecular weight is 345 g/mol. The molecule has 2 aromatic rings. The van der Waals surface area contributed by atoms with Gasteiger partial charge in [-0.15, -0.1) is 0 Å². The average Bonchev–Trinajstić information content (AvgIpc) is 2.35. The highest BCUT2D eigenvalue weighted by Crippen LogP contribution is 2.27. The number of hydrogen-bond acceptors (Lipinski definition) is 2. The lowest BCUT2D eigenvalue weighted by atomic mass is 10.2. The minimum Gasteiger partial charge on any atom is -0.508 e. The summed E-state index contributed by atoms with van der Waals surface area (Å²) in [5, 5.41) is 12.0. The maximum absolute atomic E-state index is 13.1. The highest BCUT2D eigenvalue weighted by molar-refractivity contribution is 9.10. The van der Waals surface area contributed by atoms with Gasteiger partial charge in [-0.1, -0.05) is 11.6 Å². The van der Waals surface area contributed by atoms with E-state index in [0.717, 1.165) is 6.07 Å². The molecule has 2 rings (SSSR count). The molecule has 98 valence electrons. The fraction of sp³-hybridized carbons (Fsp3) is 0. The van der Waals surface area contributed by atoms with Gasteiger partial charge in [-0.2, -0.15) is 0 Å². The number of amides is 1. The smallest absolute Gasteiger partial charge is 0.256 e. The first-order valence-corrected chi connectivity index (χ1v) is 6.39. The third kappa shape index (κ3) is 3.24. The number of halogens is 3. The molecule has 2 aromatic carbocycles. The van der Waals surface area contributed by atoms with Gasteiger partial charge in [0.15, 0.2) is 0 Å². The Morgan fingerprint density at radius 1 is 1.26 bits per heavy atom. The molecule has 0 spiro atoms. The van der Waals surface area contributed by atoms with Gasteiger partial charge in [0.2, 0.25) is 0 Å². The van der Waals surface area contributed by atoms with Crippen molar-refractivity contribution in [3.05, 3.63) is 57.3 Å². The van der Waals surface area contributed by atoms with Gasteiger partial charge >= 0.3 is 0 Å². The number of rotatable bonds is 2. The van der Waals surface area contributed by atoms with Crippen LogP contribution < -0.4 is 5.32 Å². The summed E-state index contributed by atoms with van der Waals surface area (Å²) in [6.45, 7) is 0. The van der Waals surface area contributed by atoms with E-state index in [9.17, 15) is 14.3 Å². The predicted molar refractivity (Wildman–Crippen MR) is 75.2 cm³/mol. The monoisotopic (exact) mass is 343 g/mol. The number of aromatic hydroxyl groups is 1. The second kappa shape index (κ2) is 5.59. The lowest BCUT2D eigenvalue weighted by Crippen LogP contribution is -2.13. The van der Waals surface area contributed by atoms with Crippen molar-refractivity contribution >= 4 is 39.1 Å². The number of phenolic OH excluding ortho intramolecular Hbond substituents is 1. The SMILES string of the molecule is O=C(Nc1ccc(O)cc1Cl)c1cc(F)ccc1Br. The number of carbonyl (C=O) groups excluding carboxylic acids is 1. The topological polar surface area (TPSA) is 49.3 Å². The largest absolute Gasteiger partial charge is 0.508 e. The van der Waals surface area contributed by atoms with Crippen LogP contribution in [0.1, 0.15) is 10.4 Å². The van der Waals surface area contributed by atoms with Crippen LogP contribution >= 0.6 is 27.5 Å². The van der Waals surface area contributed by atoms with Crippen molar-refractivity contribution in [2.75, 3.05) is 5.32 Å². The van der Waals surface area contributed by atoms with E-state index in [4.69, 9.17) is 11.6 Å². The summed E-state index contributed by atoms with van der Waals surface area (Å²) in [4.78, 5) is 12.0. The van der Waals surface area contributed by atoms with Crippen LogP contribution in [0.4, 0.5) is 10.1 Å². The Balaban J connectivity index is 2.28. The van der Waals surface area contributed by atoms with Crippen LogP contribution in [0.25, 0.3) is 0 Å². The van der Waals surface area contributed by atoms with Crippen LogP contribution in [0.15, 0.2) is 40.9 Å². The molecule has 0 heterocycles. The first-order chi connectivity index (χ1) is 8.97. The molecular formula is C13H8BrClFNO2. The van der Waals surface area contributed by atoms with E-state index in [1.54, 1.807) is 0 Å². The van der Waals surface area contributed by atoms with Gasteiger partial charge in [-0.25, -0.2) is 4.39 Å². The third-order valence-corrected chi connectivity index (χ3v) is 3.38. The zero-order valence-corrected chi connectivity index (χ0v) is 11.8. The Bertz CT molecular complexity index is 649. The Morgan fingerprint density at radius 3 is 2.68 bits per heavy atom. The van der Waals surface area contributed by atoms with Gasteiger partial charge in [-0.05, 0) is 46.3 Å². The molecule has 0 atom stereocenters. The normalized spacial score (nSPS) is 10.3. The predicted octanol–water partition coefficient (Wildman–Crippen LogP) is 4.20. The summed E-state index contributed by atoms with van der Waals surface area (Å²) in [6, 6.07) is 7.97. The van der Waals surface area contributed by atoms with Gasteiger partial charge in [0.05, 0.1) is 16.3 Å². The summed E-state index contributed by atoms with van der Waals surface area (Å²) < 4.78 is 13.6. The Hall–Kier alpha value is -1.59. The second-order valence-electron chi connectivity index (χ2n) is 3.74. The second-order valence-corrected chi connectivity index (χ2v) is 5.00. The quantitative estimate of drug-likeness (QED) is 0.802. The Morgan fingerprint density at radius 2 is 2.00 bits per heavy atom. The molecular weight excluding hydrogens is 337 g/mol. The van der Waals surface area contributed by atoms with Crippen LogP contribution in [-0.4, -0.2) is 11.0 Å². The molecule has 1 amide bonds. The molecule has 3 nitrogen and oxygen atoms in total. The standard InChI is InChI=1S/C13H8BrClFNO2/c14-10-3-1-7(16)5-9(10)13(19)17-12-4-2-8(18)6-11(12)15/h1-6,18H,(H,17,19). The van der Waals surface area contributed by atoms with Crippen molar-refractivity contribution < 1.29 is 14.3 Å². The third-order valence-electron chi connectivity index (χ3n) is 2.37. The first-order valence-electron chi connectivity index (χ1n) is 5.22. The number of anilines is 1. The Labute approximate surface area is 122 Å². The zero-order valence-electron chi connectivity index (χ0n) is 9.45. The molecule has 0 saturated heterocycles. The number of benzene rings is 2. The minimum absolute atomic E-state index is 0.00469. The maximum atomic E-state index is 13.1. The number of nitrogens with one attached hydrogen (secondary N) is 1. The molecule has 0 unspecified atom stereocenters.